The highest BCUT2D eigenvalue weighted by atomic mass is 32.1. The van der Waals surface area contributed by atoms with Gasteiger partial charge in [0, 0.05) is 17.6 Å². The van der Waals surface area contributed by atoms with E-state index in [2.05, 4.69) is 10.3 Å². The van der Waals surface area contributed by atoms with E-state index in [1.54, 1.807) is 11.1 Å². The first-order chi connectivity index (χ1) is 7.29. The number of nitrogens with zero attached hydrogens (tertiary/aromatic N) is 2. The van der Waals surface area contributed by atoms with Gasteiger partial charge < -0.3 is 11.1 Å². The molecule has 0 atom stereocenters. The minimum absolute atomic E-state index is 0.190. The van der Waals surface area contributed by atoms with Crippen molar-refractivity contribution in [2.45, 2.75) is 18.9 Å². The molecule has 15 heavy (non-hydrogen) atoms. The molecule has 2 heterocycles. The van der Waals surface area contributed by atoms with E-state index in [4.69, 9.17) is 5.73 Å². The number of thiazole rings is 1. The van der Waals surface area contributed by atoms with E-state index < -0.39 is 6.03 Å². The zero-order chi connectivity index (χ0) is 10.7. The van der Waals surface area contributed by atoms with Crippen molar-refractivity contribution in [2.75, 3.05) is 18.0 Å². The summed E-state index contributed by atoms with van der Waals surface area (Å²) < 4.78 is 0. The number of rotatable bonds is 2. The maximum Gasteiger partial charge on any atom is 0.321 e. The number of aromatic nitrogens is 1. The number of piperidine rings is 1. The zero-order valence-corrected chi connectivity index (χ0v) is 9.17. The first-order valence-corrected chi connectivity index (χ1v) is 5.86. The third-order valence-electron chi connectivity index (χ3n) is 2.54. The van der Waals surface area contributed by atoms with Gasteiger partial charge in [0.15, 0.2) is 5.13 Å². The molecule has 2 amide bonds. The topological polar surface area (TPSA) is 71.2 Å². The van der Waals surface area contributed by atoms with Crippen LogP contribution in [0.15, 0.2) is 11.6 Å². The van der Waals surface area contributed by atoms with Crippen molar-refractivity contribution in [3.63, 3.8) is 0 Å². The molecule has 1 saturated heterocycles. The second-order valence-electron chi connectivity index (χ2n) is 3.50. The molecule has 6 heteroatoms. The summed E-state index contributed by atoms with van der Waals surface area (Å²) >= 11 is 1.45. The van der Waals surface area contributed by atoms with Crippen LogP contribution in [0.25, 0.3) is 0 Å². The van der Waals surface area contributed by atoms with E-state index in [1.165, 1.54) is 11.3 Å². The molecule has 0 radical (unpaired) electrons. The molecule has 0 unspecified atom stereocenters. The van der Waals surface area contributed by atoms with Crippen LogP contribution in [0.3, 0.4) is 0 Å². The van der Waals surface area contributed by atoms with Gasteiger partial charge in [-0.15, -0.1) is 11.3 Å². The van der Waals surface area contributed by atoms with Crippen LogP contribution < -0.4 is 16.0 Å². The predicted molar refractivity (Wildman–Crippen MR) is 60.1 cm³/mol. The Morgan fingerprint density at radius 2 is 2.33 bits per heavy atom. The Bertz CT molecular complexity index is 321. The summed E-state index contributed by atoms with van der Waals surface area (Å²) in [6.45, 7) is 1.86. The Labute approximate surface area is 92.3 Å². The van der Waals surface area contributed by atoms with E-state index in [0.717, 1.165) is 25.9 Å². The highest BCUT2D eigenvalue weighted by molar-refractivity contribution is 7.13. The Kier molecular flexibility index (Phi) is 3.17. The number of primary amides is 1. The van der Waals surface area contributed by atoms with Crippen molar-refractivity contribution in [3.8, 4) is 0 Å². The molecule has 1 aromatic heterocycles. The van der Waals surface area contributed by atoms with Crippen molar-refractivity contribution >= 4 is 22.5 Å². The summed E-state index contributed by atoms with van der Waals surface area (Å²) in [5.41, 5.74) is 5.39. The number of amides is 2. The average molecular weight is 226 g/mol. The SMILES string of the molecule is NC(=O)N(c1nccs1)C1CCNCC1. The third kappa shape index (κ3) is 2.27. The minimum Gasteiger partial charge on any atom is -0.351 e. The lowest BCUT2D eigenvalue weighted by atomic mass is 10.1. The normalized spacial score (nSPS) is 17.6. The smallest absolute Gasteiger partial charge is 0.321 e. The molecular formula is C9H14N4OS. The lowest BCUT2D eigenvalue weighted by Gasteiger charge is -2.31. The van der Waals surface area contributed by atoms with E-state index >= 15 is 0 Å². The van der Waals surface area contributed by atoms with Crippen molar-refractivity contribution in [2.24, 2.45) is 5.73 Å². The molecule has 0 saturated carbocycles. The maximum absolute atomic E-state index is 11.4. The van der Waals surface area contributed by atoms with Gasteiger partial charge in [0.25, 0.3) is 0 Å². The summed E-state index contributed by atoms with van der Waals surface area (Å²) in [6, 6.07) is -0.216. The highest BCUT2D eigenvalue weighted by Gasteiger charge is 2.26. The van der Waals surface area contributed by atoms with Gasteiger partial charge in [-0.3, -0.25) is 4.90 Å². The van der Waals surface area contributed by atoms with Gasteiger partial charge in [0.2, 0.25) is 0 Å². The molecular weight excluding hydrogens is 212 g/mol. The average Bonchev–Trinajstić information content (AvgIpc) is 2.72. The second-order valence-corrected chi connectivity index (χ2v) is 4.38. The summed E-state index contributed by atoms with van der Waals surface area (Å²) in [5, 5.41) is 5.81. The Morgan fingerprint density at radius 1 is 1.60 bits per heavy atom. The number of nitrogens with one attached hydrogen (secondary N) is 1. The lowest BCUT2D eigenvalue weighted by Crippen LogP contribution is -2.48. The molecule has 0 spiro atoms. The number of anilines is 1. The fourth-order valence-corrected chi connectivity index (χ4v) is 2.55. The summed E-state index contributed by atoms with van der Waals surface area (Å²) in [6.07, 6.45) is 3.56. The van der Waals surface area contributed by atoms with E-state index in [1.807, 2.05) is 5.38 Å². The first-order valence-electron chi connectivity index (χ1n) is 4.98. The number of hydrogen-bond donors (Lipinski definition) is 2. The van der Waals surface area contributed by atoms with Crippen LogP contribution in [-0.2, 0) is 0 Å². The summed E-state index contributed by atoms with van der Waals surface area (Å²) in [7, 11) is 0. The van der Waals surface area contributed by atoms with Gasteiger partial charge in [-0.2, -0.15) is 0 Å². The number of nitrogens with two attached hydrogens (primary N) is 1. The van der Waals surface area contributed by atoms with Gasteiger partial charge in [-0.25, -0.2) is 9.78 Å². The third-order valence-corrected chi connectivity index (χ3v) is 3.31. The molecule has 2 rings (SSSR count). The van der Waals surface area contributed by atoms with Gasteiger partial charge in [0.1, 0.15) is 0 Å². The number of urea groups is 1. The molecule has 3 N–H and O–H groups in total. The van der Waals surface area contributed by atoms with Crippen LogP contribution in [-0.4, -0.2) is 30.1 Å². The minimum atomic E-state index is -0.406. The van der Waals surface area contributed by atoms with E-state index in [0.29, 0.717) is 5.13 Å². The molecule has 1 aliphatic rings. The fourth-order valence-electron chi connectivity index (χ4n) is 1.83. The lowest BCUT2D eigenvalue weighted by molar-refractivity contribution is 0.249. The standard InChI is InChI=1S/C9H14N4OS/c10-8(14)13(9-12-5-6-15-9)7-1-3-11-4-2-7/h5-7,11H,1-4H2,(H2,10,14). The van der Waals surface area contributed by atoms with Crippen molar-refractivity contribution < 1.29 is 4.79 Å². The Morgan fingerprint density at radius 3 is 2.87 bits per heavy atom. The van der Waals surface area contributed by atoms with Crippen LogP contribution in [0.2, 0.25) is 0 Å². The highest BCUT2D eigenvalue weighted by Crippen LogP contribution is 2.23. The van der Waals surface area contributed by atoms with Crippen LogP contribution in [0, 0.1) is 0 Å². The molecule has 5 nitrogen and oxygen atoms in total. The number of carbonyl (C=O) groups is 1. The first kappa shape index (κ1) is 10.4. The van der Waals surface area contributed by atoms with Crippen molar-refractivity contribution in [1.29, 1.82) is 0 Å². The zero-order valence-electron chi connectivity index (χ0n) is 8.35. The molecule has 1 fully saturated rings. The molecule has 0 aliphatic carbocycles. The van der Waals surface area contributed by atoms with Crippen molar-refractivity contribution in [3.05, 3.63) is 11.6 Å². The molecule has 1 aliphatic heterocycles. The monoisotopic (exact) mass is 226 g/mol. The number of hydrogen-bond acceptors (Lipinski definition) is 4. The van der Waals surface area contributed by atoms with Crippen LogP contribution in [0.5, 0.6) is 0 Å². The second kappa shape index (κ2) is 4.59. The maximum atomic E-state index is 11.4. The molecule has 0 bridgehead atoms. The van der Waals surface area contributed by atoms with Gasteiger partial charge in [0.05, 0.1) is 0 Å². The number of carbonyl (C=O) groups excluding carboxylic acids is 1. The quantitative estimate of drug-likeness (QED) is 0.783. The van der Waals surface area contributed by atoms with Gasteiger partial charge in [-0.1, -0.05) is 0 Å². The van der Waals surface area contributed by atoms with Gasteiger partial charge in [-0.05, 0) is 25.9 Å². The summed E-state index contributed by atoms with van der Waals surface area (Å²) in [5.74, 6) is 0. The van der Waals surface area contributed by atoms with Crippen LogP contribution in [0.1, 0.15) is 12.8 Å². The summed E-state index contributed by atoms with van der Waals surface area (Å²) in [4.78, 5) is 17.1. The van der Waals surface area contributed by atoms with Crippen LogP contribution in [0.4, 0.5) is 9.93 Å². The van der Waals surface area contributed by atoms with Crippen LogP contribution >= 0.6 is 11.3 Å². The fraction of sp³-hybridized carbons (Fsp3) is 0.556. The van der Waals surface area contributed by atoms with E-state index in [-0.39, 0.29) is 6.04 Å². The molecule has 82 valence electrons. The van der Waals surface area contributed by atoms with Gasteiger partial charge >= 0.3 is 6.03 Å². The van der Waals surface area contributed by atoms with Crippen molar-refractivity contribution in [1.82, 2.24) is 10.3 Å². The Balaban J connectivity index is 2.15. The van der Waals surface area contributed by atoms with E-state index in [9.17, 15) is 4.79 Å². The Hall–Kier alpha value is -1.14. The predicted octanol–water partition coefficient (Wildman–Crippen LogP) is 0.780. The molecule has 1 aromatic rings. The molecule has 0 aromatic carbocycles. The largest absolute Gasteiger partial charge is 0.351 e.